The molecule has 1 saturated heterocycles. The SMILES string of the molecule is Nc1ncnc2c1c(CCc1ccc3ccc4cccc5ccc1c3c45)nn2[C@H]1C[C@H](O)[C@@H](CO)O1. The first-order chi connectivity index (χ1) is 17.6. The lowest BCUT2D eigenvalue weighted by molar-refractivity contribution is -0.0471. The second-order valence-electron chi connectivity index (χ2n) is 9.54. The predicted molar refractivity (Wildman–Crippen MR) is 139 cm³/mol. The second kappa shape index (κ2) is 8.09. The molecule has 0 aliphatic carbocycles. The molecule has 8 heteroatoms. The quantitative estimate of drug-likeness (QED) is 0.322. The first kappa shape index (κ1) is 21.4. The number of nitrogen functional groups attached to an aromatic ring is 1. The first-order valence-electron chi connectivity index (χ1n) is 12.2. The smallest absolute Gasteiger partial charge is 0.166 e. The Morgan fingerprint density at radius 1 is 0.917 bits per heavy atom. The minimum atomic E-state index is -0.765. The third-order valence-electron chi connectivity index (χ3n) is 7.50. The standard InChI is InChI=1S/C28H25N5O3/c29-27-26-20(32-33(28(26)31-14-30-27)23-12-21(35)22(13-34)36-23)11-9-15-4-5-18-7-6-16-2-1-3-17-8-10-19(15)25(18)24(16)17/h1-8,10,14,21-23,34-35H,9,11-13H2,(H2,29,30,31)/t21-,22+,23+/m0/s1. The van der Waals surface area contributed by atoms with Crippen LogP contribution in [0.5, 0.6) is 0 Å². The summed E-state index contributed by atoms with van der Waals surface area (Å²) in [5, 5.41) is 32.9. The van der Waals surface area contributed by atoms with Gasteiger partial charge >= 0.3 is 0 Å². The Morgan fingerprint density at radius 3 is 2.44 bits per heavy atom. The molecule has 0 bridgehead atoms. The predicted octanol–water partition coefficient (Wildman–Crippen LogP) is 3.73. The molecule has 1 aliphatic heterocycles. The van der Waals surface area contributed by atoms with Crippen LogP contribution in [0.15, 0.2) is 60.9 Å². The van der Waals surface area contributed by atoms with Crippen LogP contribution in [-0.2, 0) is 17.6 Å². The topological polar surface area (TPSA) is 119 Å². The summed E-state index contributed by atoms with van der Waals surface area (Å²) in [5.41, 5.74) is 8.88. The van der Waals surface area contributed by atoms with E-state index in [9.17, 15) is 10.2 Å². The van der Waals surface area contributed by atoms with E-state index in [2.05, 4.69) is 64.6 Å². The monoisotopic (exact) mass is 479 g/mol. The van der Waals surface area contributed by atoms with Crippen LogP contribution >= 0.6 is 0 Å². The molecular formula is C28H25N5O3. The van der Waals surface area contributed by atoms with Gasteiger partial charge in [-0.25, -0.2) is 14.6 Å². The van der Waals surface area contributed by atoms with Gasteiger partial charge in [0.2, 0.25) is 0 Å². The summed E-state index contributed by atoms with van der Waals surface area (Å²) in [4.78, 5) is 8.63. The van der Waals surface area contributed by atoms with Crippen LogP contribution < -0.4 is 5.73 Å². The maximum Gasteiger partial charge on any atom is 0.166 e. The molecule has 8 nitrogen and oxygen atoms in total. The van der Waals surface area contributed by atoms with Gasteiger partial charge < -0.3 is 20.7 Å². The lowest BCUT2D eigenvalue weighted by Gasteiger charge is -2.14. The molecule has 6 aromatic rings. The van der Waals surface area contributed by atoms with Gasteiger partial charge in [0.1, 0.15) is 18.2 Å². The molecule has 1 fully saturated rings. The number of anilines is 1. The van der Waals surface area contributed by atoms with Crippen LogP contribution in [0.1, 0.15) is 23.9 Å². The van der Waals surface area contributed by atoms with Crippen molar-refractivity contribution in [1.29, 1.82) is 0 Å². The van der Waals surface area contributed by atoms with E-state index in [4.69, 9.17) is 15.6 Å². The molecule has 4 aromatic carbocycles. The maximum atomic E-state index is 10.2. The van der Waals surface area contributed by atoms with Gasteiger partial charge in [-0.1, -0.05) is 54.6 Å². The number of hydrogen-bond acceptors (Lipinski definition) is 7. The number of ether oxygens (including phenoxy) is 1. The number of hydrogen-bond donors (Lipinski definition) is 3. The summed E-state index contributed by atoms with van der Waals surface area (Å²) in [6.07, 6.45) is 1.20. The lowest BCUT2D eigenvalue weighted by Crippen LogP contribution is -2.24. The fourth-order valence-corrected chi connectivity index (χ4v) is 5.74. The third-order valence-corrected chi connectivity index (χ3v) is 7.50. The number of nitrogens with two attached hydrogens (primary N) is 1. The van der Waals surface area contributed by atoms with Crippen LogP contribution in [0.25, 0.3) is 43.4 Å². The summed E-state index contributed by atoms with van der Waals surface area (Å²) >= 11 is 0. The molecule has 4 N–H and O–H groups in total. The van der Waals surface area contributed by atoms with Crippen LogP contribution in [0.2, 0.25) is 0 Å². The summed E-state index contributed by atoms with van der Waals surface area (Å²) in [7, 11) is 0. The van der Waals surface area contributed by atoms with Crippen LogP contribution in [0.3, 0.4) is 0 Å². The van der Waals surface area contributed by atoms with Gasteiger partial charge in [-0.2, -0.15) is 5.10 Å². The van der Waals surface area contributed by atoms with Crippen molar-refractivity contribution in [2.24, 2.45) is 0 Å². The van der Waals surface area contributed by atoms with Crippen molar-refractivity contribution in [2.75, 3.05) is 12.3 Å². The molecule has 3 atom stereocenters. The third kappa shape index (κ3) is 3.15. The van der Waals surface area contributed by atoms with E-state index in [1.807, 2.05) is 0 Å². The highest BCUT2D eigenvalue weighted by Crippen LogP contribution is 2.37. The van der Waals surface area contributed by atoms with E-state index < -0.39 is 18.4 Å². The van der Waals surface area contributed by atoms with Crippen LogP contribution in [0.4, 0.5) is 5.82 Å². The van der Waals surface area contributed by atoms with Gasteiger partial charge in [-0.3, -0.25) is 0 Å². The Balaban J connectivity index is 1.29. The van der Waals surface area contributed by atoms with Gasteiger partial charge in [-0.15, -0.1) is 0 Å². The molecule has 2 aromatic heterocycles. The van der Waals surface area contributed by atoms with E-state index in [0.717, 1.165) is 12.1 Å². The number of benzene rings is 4. The van der Waals surface area contributed by atoms with E-state index >= 15 is 0 Å². The average Bonchev–Trinajstić information content (AvgIpc) is 3.47. The number of aromatic nitrogens is 4. The van der Waals surface area contributed by atoms with Gasteiger partial charge in [0.05, 0.1) is 23.8 Å². The van der Waals surface area contributed by atoms with E-state index in [-0.39, 0.29) is 6.61 Å². The number of aliphatic hydroxyl groups excluding tert-OH is 2. The molecule has 0 spiro atoms. The Bertz CT molecular complexity index is 1730. The molecule has 0 amide bonds. The molecule has 0 radical (unpaired) electrons. The van der Waals surface area contributed by atoms with Crippen molar-refractivity contribution in [3.05, 3.63) is 72.2 Å². The van der Waals surface area contributed by atoms with Crippen LogP contribution in [0, 0.1) is 0 Å². The molecule has 7 rings (SSSR count). The zero-order valence-corrected chi connectivity index (χ0v) is 19.5. The highest BCUT2D eigenvalue weighted by Gasteiger charge is 2.36. The number of rotatable bonds is 5. The molecule has 0 saturated carbocycles. The maximum absolute atomic E-state index is 10.2. The fraction of sp³-hybridized carbons (Fsp3) is 0.250. The van der Waals surface area contributed by atoms with Crippen LogP contribution in [-0.4, -0.2) is 48.8 Å². The Kier molecular flexibility index (Phi) is 4.82. The largest absolute Gasteiger partial charge is 0.394 e. The zero-order valence-electron chi connectivity index (χ0n) is 19.5. The van der Waals surface area contributed by atoms with E-state index in [1.165, 1.54) is 44.2 Å². The van der Waals surface area contributed by atoms with Crippen molar-refractivity contribution in [3.63, 3.8) is 0 Å². The Hall–Kier alpha value is -3.85. The molecule has 1 aliphatic rings. The number of nitrogens with zero attached hydrogens (tertiary/aromatic N) is 4. The highest BCUT2D eigenvalue weighted by molar-refractivity contribution is 6.23. The number of fused-ring (bicyclic) bond motifs is 1. The normalized spacial score (nSPS) is 20.4. The van der Waals surface area contributed by atoms with E-state index in [1.54, 1.807) is 4.68 Å². The molecule has 180 valence electrons. The summed E-state index contributed by atoms with van der Waals surface area (Å²) in [5.74, 6) is 0.369. The highest BCUT2D eigenvalue weighted by atomic mass is 16.5. The fourth-order valence-electron chi connectivity index (χ4n) is 5.74. The number of aryl methyl sites for hydroxylation is 2. The van der Waals surface area contributed by atoms with Gasteiger partial charge in [0.25, 0.3) is 0 Å². The van der Waals surface area contributed by atoms with E-state index in [0.29, 0.717) is 29.7 Å². The number of aliphatic hydroxyl groups is 2. The minimum Gasteiger partial charge on any atom is -0.394 e. The van der Waals surface area contributed by atoms with Crippen molar-refractivity contribution >= 4 is 49.2 Å². The minimum absolute atomic E-state index is 0.254. The summed E-state index contributed by atoms with van der Waals surface area (Å²) in [6.45, 7) is -0.254. The van der Waals surface area contributed by atoms with Gasteiger partial charge in [-0.05, 0) is 50.7 Å². The second-order valence-corrected chi connectivity index (χ2v) is 9.54. The van der Waals surface area contributed by atoms with Gasteiger partial charge in [0, 0.05) is 6.42 Å². The molecule has 0 unspecified atom stereocenters. The summed E-state index contributed by atoms with van der Waals surface area (Å²) < 4.78 is 7.53. The average molecular weight is 480 g/mol. The molecule has 36 heavy (non-hydrogen) atoms. The Labute approximate surface area is 206 Å². The molecular weight excluding hydrogens is 454 g/mol. The lowest BCUT2D eigenvalue weighted by atomic mass is 9.90. The molecule has 3 heterocycles. The zero-order chi connectivity index (χ0) is 24.4. The van der Waals surface area contributed by atoms with Gasteiger partial charge in [0.15, 0.2) is 11.9 Å². The van der Waals surface area contributed by atoms with Crippen molar-refractivity contribution in [3.8, 4) is 0 Å². The summed E-state index contributed by atoms with van der Waals surface area (Å²) in [6, 6.07) is 19.6. The van der Waals surface area contributed by atoms with Crippen molar-refractivity contribution in [2.45, 2.75) is 37.7 Å². The van der Waals surface area contributed by atoms with Crippen molar-refractivity contribution in [1.82, 2.24) is 19.7 Å². The Morgan fingerprint density at radius 2 is 1.67 bits per heavy atom. The van der Waals surface area contributed by atoms with Crippen molar-refractivity contribution < 1.29 is 14.9 Å². The first-order valence-corrected chi connectivity index (χ1v) is 12.2.